The second kappa shape index (κ2) is 37.5. The summed E-state index contributed by atoms with van der Waals surface area (Å²) in [7, 11) is 0. The summed E-state index contributed by atoms with van der Waals surface area (Å²) in [4.78, 5) is 134. The van der Waals surface area contributed by atoms with E-state index >= 15 is 0 Å². The number of carbonyl (C=O) groups excluding carboxylic acids is 10. The van der Waals surface area contributed by atoms with Gasteiger partial charge in [0.15, 0.2) is 0 Å². The second-order valence-corrected chi connectivity index (χ2v) is 44.7. The van der Waals surface area contributed by atoms with E-state index < -0.39 is 124 Å². The van der Waals surface area contributed by atoms with Crippen LogP contribution in [0.4, 0.5) is 30.6 Å². The van der Waals surface area contributed by atoms with Crippen LogP contribution < -0.4 is 46.1 Å². The largest absolute Gasteiger partial charge is 0.460 e. The Balaban J connectivity index is 0.000000912. The van der Waals surface area contributed by atoms with Crippen molar-refractivity contribution in [3.05, 3.63) is 52.1 Å². The minimum atomic E-state index is -2.17. The Hall–Kier alpha value is -6.13. The molecule has 24 nitrogen and oxygen atoms in total. The number of benzene rings is 2. The number of rotatable bonds is 27. The van der Waals surface area contributed by atoms with Crippen LogP contribution in [-0.2, 0) is 57.2 Å². The number of nitrogens with one attached hydrogen (secondary N) is 8. The fourth-order valence-electron chi connectivity index (χ4n) is 7.80. The van der Waals surface area contributed by atoms with Crippen molar-refractivity contribution in [2.45, 2.75) is 261 Å². The Morgan fingerprint density at radius 2 is 0.637 bits per heavy atom. The molecule has 2 rings (SSSR count). The molecule has 2 aromatic carbocycles. The maximum Gasteiger partial charge on any atom is 0.329 e. The van der Waals surface area contributed by atoms with Gasteiger partial charge in [0.25, 0.3) is 0 Å². The monoisotopic (exact) mass is 1500 g/mol. The molecule has 0 saturated heterocycles. The van der Waals surface area contributed by atoms with Gasteiger partial charge in [-0.15, -0.1) is 0 Å². The van der Waals surface area contributed by atoms with Gasteiger partial charge >= 0.3 is 174 Å². The summed E-state index contributed by atoms with van der Waals surface area (Å²) < 4.78 is 35.0. The van der Waals surface area contributed by atoms with E-state index in [0.29, 0.717) is 50.1 Å². The zero-order valence-electron chi connectivity index (χ0n) is 57.8. The molecule has 0 fully saturated rings. The second-order valence-electron chi connectivity index (χ2n) is 28.9. The Morgan fingerprint density at radius 3 is 0.901 bits per heavy atom. The summed E-state index contributed by atoms with van der Waals surface area (Å²) >= 11 is 0.00592. The third-order valence-corrected chi connectivity index (χ3v) is 18.2. The van der Waals surface area contributed by atoms with E-state index in [-0.39, 0.29) is 50.6 Å². The van der Waals surface area contributed by atoms with Gasteiger partial charge < -0.3 is 60.3 Å². The van der Waals surface area contributed by atoms with E-state index in [2.05, 4.69) is 92.1 Å². The number of ether oxygens (including phenoxy) is 6. The molecule has 91 heavy (non-hydrogen) atoms. The molecule has 0 aliphatic rings. The van der Waals surface area contributed by atoms with Crippen molar-refractivity contribution < 1.29 is 76.4 Å². The number of halogens is 1. The molecule has 0 bridgehead atoms. The van der Waals surface area contributed by atoms with E-state index in [4.69, 9.17) is 28.4 Å². The quantitative estimate of drug-likeness (QED) is 0.0135. The summed E-state index contributed by atoms with van der Waals surface area (Å²) in [6.45, 7) is 31.5. The Labute approximate surface area is 557 Å². The van der Waals surface area contributed by atoms with Crippen molar-refractivity contribution in [3.8, 4) is 0 Å². The predicted molar refractivity (Wildman–Crippen MR) is 362 cm³/mol. The molecule has 0 aromatic heterocycles. The average Bonchev–Trinajstić information content (AvgIpc) is 1.14. The van der Waals surface area contributed by atoms with Gasteiger partial charge in [0.1, 0.15) is 51.7 Å². The van der Waals surface area contributed by atoms with Gasteiger partial charge in [-0.2, -0.15) is 0 Å². The van der Waals surface area contributed by atoms with E-state index in [1.807, 2.05) is 24.3 Å². The molecule has 514 valence electrons. The summed E-state index contributed by atoms with van der Waals surface area (Å²) in [6.07, 6.45) is 2.05. The number of unbranched alkanes of at least 4 members (excludes halogenated alkanes) is 2. The maximum atomic E-state index is 13.1. The third kappa shape index (κ3) is 41.9. The molecule has 0 radical (unpaired) electrons. The van der Waals surface area contributed by atoms with Crippen LogP contribution in [0.1, 0.15) is 189 Å². The number of anilines is 2. The first-order valence-electron chi connectivity index (χ1n) is 30.9. The molecule has 0 saturated carbocycles. The van der Waals surface area contributed by atoms with Crippen LogP contribution in [-0.4, -0.2) is 149 Å². The van der Waals surface area contributed by atoms with E-state index in [0.717, 1.165) is 3.57 Å². The van der Waals surface area contributed by atoms with Crippen molar-refractivity contribution in [2.24, 2.45) is 0 Å². The van der Waals surface area contributed by atoms with Crippen LogP contribution in [0.3, 0.4) is 0 Å². The number of amides is 8. The minimum absolute atomic E-state index is 0.0641. The van der Waals surface area contributed by atoms with Crippen LogP contribution in [0.25, 0.3) is 0 Å². The molecule has 0 aliphatic carbocycles. The zero-order valence-corrected chi connectivity index (χ0v) is 62.8. The number of hydrogen-bond donors (Lipinski definition) is 8. The smallest absolute Gasteiger partial charge is 0.329 e. The molecule has 4 atom stereocenters. The maximum absolute atomic E-state index is 13.1. The first kappa shape index (κ1) is 82.9. The molecular weight excluding hydrogens is 1390 g/mol. The van der Waals surface area contributed by atoms with Crippen LogP contribution in [0.2, 0.25) is 14.8 Å². The molecular formula is C65H107IN8O16Sn. The van der Waals surface area contributed by atoms with Crippen LogP contribution in [0.15, 0.2) is 48.5 Å². The van der Waals surface area contributed by atoms with Crippen LogP contribution in [0, 0.1) is 3.57 Å². The summed E-state index contributed by atoms with van der Waals surface area (Å²) in [5.74, 6) is -3.77. The number of urea groups is 4. The number of esters is 6. The van der Waals surface area contributed by atoms with E-state index in [9.17, 15) is 47.9 Å². The summed E-state index contributed by atoms with van der Waals surface area (Å²) in [5.41, 5.74) is -3.29. The van der Waals surface area contributed by atoms with Gasteiger partial charge in [-0.3, -0.25) is 9.59 Å². The van der Waals surface area contributed by atoms with Crippen LogP contribution >= 0.6 is 22.6 Å². The Bertz CT molecular complexity index is 2700. The van der Waals surface area contributed by atoms with Gasteiger partial charge in [-0.25, -0.2) is 33.6 Å². The summed E-state index contributed by atoms with van der Waals surface area (Å²) in [6, 6.07) is 8.65. The van der Waals surface area contributed by atoms with E-state index in [1.54, 1.807) is 137 Å². The van der Waals surface area contributed by atoms with E-state index in [1.165, 1.54) is 3.58 Å². The molecule has 0 spiro atoms. The SMILES string of the molecule is CC(C)(C)OC(=O)CC[C@H](NC(=O)N[C@@H](CCCCNC(=O)Nc1cc[c]([Sn]([CH3])([CH3])[CH3])cc1)C(=O)OC(C)(C)C)C(=O)OC(C)(C)C.CC(C)(C)OC(=O)CC[C@H](NC(=O)N[C@@H](CCCCNC(=O)Nc1ccc([123I])cc1)C(=O)OC(C)(C)C)C(=O)OC(C)(C)C. The molecule has 0 heterocycles. The first-order chi connectivity index (χ1) is 41.5. The number of hydrogen-bond acceptors (Lipinski definition) is 16. The standard InChI is InChI=1S/C31H49IN4O8.C31H49N4O8.3CH3.Sn/c1-29(2,3)42-24(37)18-17-23(26(39)44-31(7,8)9)36-28(41)35-22(25(38)43-30(4,5)6)12-10-11-19-33-27(40)34-21-15-13-20(32)14-16-21;1-29(2,3)41-24(36)19-18-23(26(38)43-31(7,8)9)35-28(40)34-22(25(37)42-30(4,5)6)17-13-14-20-32-27(39)33-21-15-11-10-12-16-21;;;;/h13-16,22-23H,10-12,17-19H2,1-9H3,(H2,33,34,40)(H2,35,36,41);11-12,15-16,22-23H,13-14,17-20H2,1-9H3,(H2,32,33,39)(H2,34,35,40);3*1H3;/t2*22-,23-;;;;/m00..../s1/i32-4;;;;;. The van der Waals surface area contributed by atoms with Crippen molar-refractivity contribution >= 4 is 116 Å². The number of carbonyl (C=O) groups is 10. The van der Waals surface area contributed by atoms with Gasteiger partial charge in [-0.1, -0.05) is 0 Å². The molecule has 8 amide bonds. The molecule has 2 aromatic rings. The van der Waals surface area contributed by atoms with Crippen LogP contribution in [0.5, 0.6) is 0 Å². The van der Waals surface area contributed by atoms with Crippen molar-refractivity contribution in [1.29, 1.82) is 0 Å². The van der Waals surface area contributed by atoms with Crippen molar-refractivity contribution in [2.75, 3.05) is 23.7 Å². The van der Waals surface area contributed by atoms with Gasteiger partial charge in [-0.05, 0) is 204 Å². The zero-order chi connectivity index (χ0) is 69.9. The van der Waals surface area contributed by atoms with Gasteiger partial charge in [0.2, 0.25) is 0 Å². The Kier molecular flexibility index (Phi) is 34.2. The first-order valence-corrected chi connectivity index (χ1v) is 42.0. The fraction of sp³-hybridized carbons (Fsp3) is 0.662. The Morgan fingerprint density at radius 1 is 0.374 bits per heavy atom. The molecule has 0 aliphatic heterocycles. The van der Waals surface area contributed by atoms with Crippen molar-refractivity contribution in [1.82, 2.24) is 31.9 Å². The molecule has 26 heteroatoms. The summed E-state index contributed by atoms with van der Waals surface area (Å²) in [5, 5.41) is 21.5. The normalized spacial score (nSPS) is 13.3. The predicted octanol–water partition coefficient (Wildman–Crippen LogP) is 10.8. The minimum Gasteiger partial charge on any atom is -0.460 e. The fourth-order valence-corrected chi connectivity index (χ4v) is 11.5. The topological polar surface area (TPSA) is 322 Å². The molecule has 0 unspecified atom stereocenters. The molecule has 8 N–H and O–H groups in total. The van der Waals surface area contributed by atoms with Crippen molar-refractivity contribution in [3.63, 3.8) is 0 Å². The third-order valence-electron chi connectivity index (χ3n) is 11.6. The average molecular weight is 1500 g/mol. The van der Waals surface area contributed by atoms with Gasteiger partial charge in [0, 0.05) is 28.6 Å². The van der Waals surface area contributed by atoms with Gasteiger partial charge in [0.05, 0.1) is 0 Å².